The summed E-state index contributed by atoms with van der Waals surface area (Å²) in [5.74, 6) is -0.196. The highest BCUT2D eigenvalue weighted by Gasteiger charge is 2.08. The third-order valence-electron chi connectivity index (χ3n) is 3.77. The van der Waals surface area contributed by atoms with Crippen molar-refractivity contribution in [1.82, 2.24) is 4.98 Å². The van der Waals surface area contributed by atoms with Gasteiger partial charge < -0.3 is 0 Å². The summed E-state index contributed by atoms with van der Waals surface area (Å²) in [7, 11) is 0. The highest BCUT2D eigenvalue weighted by atomic mass is 19.1. The SMILES string of the molecule is CCCCc1cccc(-c2nccc3c(F)cccc23)c1. The van der Waals surface area contributed by atoms with E-state index in [2.05, 4.69) is 30.1 Å². The number of halogens is 1. The molecule has 0 aliphatic heterocycles. The van der Waals surface area contributed by atoms with Crippen LogP contribution < -0.4 is 0 Å². The lowest BCUT2D eigenvalue weighted by atomic mass is 10.00. The van der Waals surface area contributed by atoms with Crippen LogP contribution >= 0.6 is 0 Å². The van der Waals surface area contributed by atoms with E-state index in [0.29, 0.717) is 5.39 Å². The monoisotopic (exact) mass is 279 g/mol. The number of nitrogens with zero attached hydrogens (tertiary/aromatic N) is 1. The molecule has 21 heavy (non-hydrogen) atoms. The van der Waals surface area contributed by atoms with E-state index in [0.717, 1.165) is 23.1 Å². The second-order valence-corrected chi connectivity index (χ2v) is 5.30. The molecular formula is C19H18FN. The lowest BCUT2D eigenvalue weighted by molar-refractivity contribution is 0.640. The Bertz CT molecular complexity index is 764. The van der Waals surface area contributed by atoms with E-state index in [1.165, 1.54) is 24.5 Å². The number of fused-ring (bicyclic) bond motifs is 1. The van der Waals surface area contributed by atoms with Crippen molar-refractivity contribution < 1.29 is 4.39 Å². The third kappa shape index (κ3) is 2.80. The molecule has 3 rings (SSSR count). The van der Waals surface area contributed by atoms with Gasteiger partial charge in [0.15, 0.2) is 0 Å². The van der Waals surface area contributed by atoms with Crippen molar-refractivity contribution in [3.63, 3.8) is 0 Å². The lowest BCUT2D eigenvalue weighted by Gasteiger charge is -2.08. The van der Waals surface area contributed by atoms with Crippen LogP contribution in [0.2, 0.25) is 0 Å². The molecule has 2 aromatic carbocycles. The number of aryl methyl sites for hydroxylation is 1. The van der Waals surface area contributed by atoms with Crippen LogP contribution in [0.15, 0.2) is 54.7 Å². The average molecular weight is 279 g/mol. The van der Waals surface area contributed by atoms with Gasteiger partial charge in [0.1, 0.15) is 5.82 Å². The van der Waals surface area contributed by atoms with Gasteiger partial charge in [-0.3, -0.25) is 4.98 Å². The van der Waals surface area contributed by atoms with Gasteiger partial charge in [-0.05, 0) is 36.6 Å². The quantitative estimate of drug-likeness (QED) is 0.624. The van der Waals surface area contributed by atoms with Crippen LogP contribution in [-0.2, 0) is 6.42 Å². The van der Waals surface area contributed by atoms with Gasteiger partial charge >= 0.3 is 0 Å². The van der Waals surface area contributed by atoms with Gasteiger partial charge in [0.05, 0.1) is 5.69 Å². The molecule has 0 saturated carbocycles. The molecule has 0 fully saturated rings. The second-order valence-electron chi connectivity index (χ2n) is 5.30. The van der Waals surface area contributed by atoms with Crippen molar-refractivity contribution in [3.05, 3.63) is 66.1 Å². The molecular weight excluding hydrogens is 261 g/mol. The maximum Gasteiger partial charge on any atom is 0.131 e. The van der Waals surface area contributed by atoms with Crippen LogP contribution in [0.1, 0.15) is 25.3 Å². The van der Waals surface area contributed by atoms with Crippen LogP contribution in [0.4, 0.5) is 4.39 Å². The van der Waals surface area contributed by atoms with E-state index in [4.69, 9.17) is 0 Å². The Balaban J connectivity index is 2.10. The summed E-state index contributed by atoms with van der Waals surface area (Å²) in [6, 6.07) is 15.3. The van der Waals surface area contributed by atoms with E-state index in [1.807, 2.05) is 12.1 Å². The first-order valence-electron chi connectivity index (χ1n) is 7.42. The molecule has 0 saturated heterocycles. The smallest absolute Gasteiger partial charge is 0.131 e. The normalized spacial score (nSPS) is 11.0. The predicted octanol–water partition coefficient (Wildman–Crippen LogP) is 5.38. The number of rotatable bonds is 4. The molecule has 0 N–H and O–H groups in total. The van der Waals surface area contributed by atoms with Gasteiger partial charge in [-0.1, -0.05) is 43.7 Å². The maximum absolute atomic E-state index is 13.9. The Hall–Kier alpha value is -2.22. The van der Waals surface area contributed by atoms with Crippen LogP contribution in [0.3, 0.4) is 0 Å². The molecule has 1 nitrogen and oxygen atoms in total. The van der Waals surface area contributed by atoms with Crippen molar-refractivity contribution in [2.24, 2.45) is 0 Å². The number of pyridine rings is 1. The topological polar surface area (TPSA) is 12.9 Å². The Morgan fingerprint density at radius 2 is 1.86 bits per heavy atom. The van der Waals surface area contributed by atoms with Gasteiger partial charge in [0, 0.05) is 22.5 Å². The number of hydrogen-bond donors (Lipinski definition) is 0. The predicted molar refractivity (Wildman–Crippen MR) is 85.7 cm³/mol. The molecule has 1 aromatic heterocycles. The molecule has 0 bridgehead atoms. The first-order chi connectivity index (χ1) is 10.3. The molecule has 0 aliphatic rings. The lowest BCUT2D eigenvalue weighted by Crippen LogP contribution is -1.90. The summed E-state index contributed by atoms with van der Waals surface area (Å²) in [5, 5.41) is 1.49. The zero-order chi connectivity index (χ0) is 14.7. The first kappa shape index (κ1) is 13.7. The highest BCUT2D eigenvalue weighted by molar-refractivity contribution is 5.94. The van der Waals surface area contributed by atoms with Crippen LogP contribution in [-0.4, -0.2) is 4.98 Å². The Kier molecular flexibility index (Phi) is 3.96. The van der Waals surface area contributed by atoms with Crippen molar-refractivity contribution >= 4 is 10.8 Å². The fourth-order valence-corrected chi connectivity index (χ4v) is 2.65. The standard InChI is InChI=1S/C19H18FN/c1-2-3-6-14-7-4-8-15(13-14)19-17-9-5-10-18(20)16(17)11-12-21-19/h4-5,7-13H,2-3,6H2,1H3. The summed E-state index contributed by atoms with van der Waals surface area (Å²) in [5.41, 5.74) is 3.22. The number of aromatic nitrogens is 1. The Morgan fingerprint density at radius 1 is 1.00 bits per heavy atom. The molecule has 0 aliphatic carbocycles. The highest BCUT2D eigenvalue weighted by Crippen LogP contribution is 2.28. The largest absolute Gasteiger partial charge is 0.256 e. The van der Waals surface area contributed by atoms with Crippen molar-refractivity contribution in [3.8, 4) is 11.3 Å². The second kappa shape index (κ2) is 6.04. The minimum Gasteiger partial charge on any atom is -0.256 e. The van der Waals surface area contributed by atoms with E-state index in [9.17, 15) is 4.39 Å². The van der Waals surface area contributed by atoms with E-state index in [1.54, 1.807) is 18.3 Å². The first-order valence-corrected chi connectivity index (χ1v) is 7.42. The summed E-state index contributed by atoms with van der Waals surface area (Å²) < 4.78 is 13.9. The minimum atomic E-state index is -0.196. The molecule has 0 radical (unpaired) electrons. The van der Waals surface area contributed by atoms with Crippen molar-refractivity contribution in [1.29, 1.82) is 0 Å². The summed E-state index contributed by atoms with van der Waals surface area (Å²) >= 11 is 0. The van der Waals surface area contributed by atoms with E-state index in [-0.39, 0.29) is 5.82 Å². The fourth-order valence-electron chi connectivity index (χ4n) is 2.65. The van der Waals surface area contributed by atoms with Crippen LogP contribution in [0, 0.1) is 5.82 Å². The van der Waals surface area contributed by atoms with Crippen molar-refractivity contribution in [2.45, 2.75) is 26.2 Å². The maximum atomic E-state index is 13.9. The van der Waals surface area contributed by atoms with Gasteiger partial charge in [0.2, 0.25) is 0 Å². The Labute approximate surface area is 124 Å². The number of benzene rings is 2. The van der Waals surface area contributed by atoms with Gasteiger partial charge in [-0.15, -0.1) is 0 Å². The third-order valence-corrected chi connectivity index (χ3v) is 3.77. The van der Waals surface area contributed by atoms with E-state index < -0.39 is 0 Å². The zero-order valence-corrected chi connectivity index (χ0v) is 12.1. The fraction of sp³-hybridized carbons (Fsp3) is 0.211. The molecule has 0 atom stereocenters. The van der Waals surface area contributed by atoms with Gasteiger partial charge in [0.25, 0.3) is 0 Å². The number of unbranched alkanes of at least 4 members (excludes halogenated alkanes) is 1. The molecule has 3 aromatic rings. The van der Waals surface area contributed by atoms with Gasteiger partial charge in [-0.25, -0.2) is 4.39 Å². The average Bonchev–Trinajstić information content (AvgIpc) is 2.53. The van der Waals surface area contributed by atoms with E-state index >= 15 is 0 Å². The number of hydrogen-bond acceptors (Lipinski definition) is 1. The van der Waals surface area contributed by atoms with Crippen LogP contribution in [0.25, 0.3) is 22.0 Å². The molecule has 2 heteroatoms. The van der Waals surface area contributed by atoms with Gasteiger partial charge in [-0.2, -0.15) is 0 Å². The zero-order valence-electron chi connectivity index (χ0n) is 12.1. The minimum absolute atomic E-state index is 0.196. The molecule has 0 amide bonds. The van der Waals surface area contributed by atoms with Crippen LogP contribution in [0.5, 0.6) is 0 Å². The Morgan fingerprint density at radius 3 is 2.71 bits per heavy atom. The molecule has 106 valence electrons. The summed E-state index contributed by atoms with van der Waals surface area (Å²) in [6.07, 6.45) is 5.12. The molecule has 0 unspecified atom stereocenters. The summed E-state index contributed by atoms with van der Waals surface area (Å²) in [4.78, 5) is 4.47. The molecule has 1 heterocycles. The molecule has 0 spiro atoms. The summed E-state index contributed by atoms with van der Waals surface area (Å²) in [6.45, 7) is 2.19. The van der Waals surface area contributed by atoms with Crippen molar-refractivity contribution in [2.75, 3.05) is 0 Å².